The van der Waals surface area contributed by atoms with Gasteiger partial charge in [0.2, 0.25) is 0 Å². The molecule has 3 rings (SSSR count). The fourth-order valence-electron chi connectivity index (χ4n) is 2.29. The number of oxazole rings is 1. The topological polar surface area (TPSA) is 87.9 Å². The zero-order valence-corrected chi connectivity index (χ0v) is 13.6. The molecule has 0 N–H and O–H groups in total. The number of rotatable bonds is 6. The lowest BCUT2D eigenvalue weighted by atomic mass is 10.1. The van der Waals surface area contributed by atoms with Gasteiger partial charge in [0.1, 0.15) is 5.52 Å². The van der Waals surface area contributed by atoms with Crippen LogP contribution in [0.25, 0.3) is 11.1 Å². The van der Waals surface area contributed by atoms with Crippen LogP contribution in [0, 0.1) is 0 Å². The maximum atomic E-state index is 12.2. The smallest absolute Gasteiger partial charge is 0.338 e. The van der Waals surface area contributed by atoms with Crippen molar-refractivity contribution in [2.75, 3.05) is 20.8 Å². The molecule has 128 valence electrons. The Morgan fingerprint density at radius 3 is 2.52 bits per heavy atom. The number of aromatic nitrogens is 1. The van der Waals surface area contributed by atoms with Gasteiger partial charge in [-0.1, -0.05) is 0 Å². The molecule has 7 nitrogen and oxygen atoms in total. The van der Waals surface area contributed by atoms with Crippen molar-refractivity contribution < 1.29 is 28.2 Å². The molecule has 3 aromatic rings. The molecule has 0 saturated carbocycles. The number of carbonyl (C=O) groups is 2. The quantitative estimate of drug-likeness (QED) is 0.503. The zero-order chi connectivity index (χ0) is 17.8. The van der Waals surface area contributed by atoms with Gasteiger partial charge < -0.3 is 18.6 Å². The zero-order valence-electron chi connectivity index (χ0n) is 13.6. The minimum atomic E-state index is -0.618. The Balaban J connectivity index is 1.68. The van der Waals surface area contributed by atoms with Gasteiger partial charge in [0.05, 0.1) is 19.8 Å². The van der Waals surface area contributed by atoms with Crippen molar-refractivity contribution in [2.45, 2.75) is 0 Å². The van der Waals surface area contributed by atoms with E-state index in [-0.39, 0.29) is 18.0 Å². The second-order valence-corrected chi connectivity index (χ2v) is 5.10. The average molecular weight is 341 g/mol. The number of fused-ring (bicyclic) bond motifs is 1. The molecule has 2 aromatic carbocycles. The van der Waals surface area contributed by atoms with Gasteiger partial charge >= 0.3 is 5.97 Å². The molecule has 1 aromatic heterocycles. The maximum absolute atomic E-state index is 12.2. The van der Waals surface area contributed by atoms with Crippen LogP contribution in [0.3, 0.4) is 0 Å². The normalized spacial score (nSPS) is 10.5. The van der Waals surface area contributed by atoms with Crippen LogP contribution < -0.4 is 9.47 Å². The summed E-state index contributed by atoms with van der Waals surface area (Å²) in [5, 5.41) is 0. The molecular weight excluding hydrogens is 326 g/mol. The Kier molecular flexibility index (Phi) is 4.65. The van der Waals surface area contributed by atoms with Crippen molar-refractivity contribution in [3.05, 3.63) is 53.9 Å². The van der Waals surface area contributed by atoms with Crippen molar-refractivity contribution >= 4 is 22.9 Å². The first kappa shape index (κ1) is 16.5. The summed E-state index contributed by atoms with van der Waals surface area (Å²) >= 11 is 0. The number of hydrogen-bond donors (Lipinski definition) is 0. The molecule has 0 bridgehead atoms. The highest BCUT2D eigenvalue weighted by molar-refractivity contribution is 6.00. The molecule has 0 fully saturated rings. The van der Waals surface area contributed by atoms with E-state index in [4.69, 9.17) is 18.6 Å². The van der Waals surface area contributed by atoms with Crippen molar-refractivity contribution in [3.8, 4) is 11.5 Å². The molecule has 0 aliphatic rings. The van der Waals surface area contributed by atoms with Gasteiger partial charge in [-0.3, -0.25) is 4.79 Å². The van der Waals surface area contributed by atoms with Crippen LogP contribution >= 0.6 is 0 Å². The monoisotopic (exact) mass is 341 g/mol. The number of esters is 1. The molecular formula is C18H15NO6. The minimum Gasteiger partial charge on any atom is -0.493 e. The van der Waals surface area contributed by atoms with Crippen molar-refractivity contribution in [3.63, 3.8) is 0 Å². The third-order valence-electron chi connectivity index (χ3n) is 3.61. The van der Waals surface area contributed by atoms with Crippen LogP contribution in [-0.2, 0) is 4.74 Å². The van der Waals surface area contributed by atoms with Gasteiger partial charge in [-0.2, -0.15) is 0 Å². The van der Waals surface area contributed by atoms with Gasteiger partial charge in [0.25, 0.3) is 0 Å². The summed E-state index contributed by atoms with van der Waals surface area (Å²) in [6.45, 7) is -0.386. The third-order valence-corrected chi connectivity index (χ3v) is 3.61. The van der Waals surface area contributed by atoms with E-state index < -0.39 is 5.97 Å². The number of ether oxygens (including phenoxy) is 3. The van der Waals surface area contributed by atoms with Crippen molar-refractivity contribution in [1.29, 1.82) is 0 Å². The number of Topliss-reactive ketones (excluding diaryl/α,β-unsaturated/α-hetero) is 1. The standard InChI is InChI=1S/C18H15NO6/c1-22-15-6-4-11(7-17(15)23-2)14(20)9-24-18(21)12-3-5-13-16(8-12)25-10-19-13/h3-8,10H,9H2,1-2H3. The Labute approximate surface area is 143 Å². The number of benzene rings is 2. The fourth-order valence-corrected chi connectivity index (χ4v) is 2.29. The summed E-state index contributed by atoms with van der Waals surface area (Å²) in [4.78, 5) is 28.3. The van der Waals surface area contributed by atoms with Crippen LogP contribution in [0.2, 0.25) is 0 Å². The van der Waals surface area contributed by atoms with E-state index in [1.54, 1.807) is 24.3 Å². The molecule has 0 saturated heterocycles. The maximum Gasteiger partial charge on any atom is 0.338 e. The lowest BCUT2D eigenvalue weighted by Crippen LogP contribution is -2.14. The summed E-state index contributed by atoms with van der Waals surface area (Å²) in [6, 6.07) is 9.46. The SMILES string of the molecule is COc1ccc(C(=O)COC(=O)c2ccc3ncoc3c2)cc1OC. The van der Waals surface area contributed by atoms with Gasteiger partial charge in [-0.25, -0.2) is 9.78 Å². The number of hydrogen-bond acceptors (Lipinski definition) is 7. The largest absolute Gasteiger partial charge is 0.493 e. The van der Waals surface area contributed by atoms with E-state index in [2.05, 4.69) is 4.98 Å². The fraction of sp³-hybridized carbons (Fsp3) is 0.167. The second kappa shape index (κ2) is 7.04. The van der Waals surface area contributed by atoms with Gasteiger partial charge in [-0.05, 0) is 36.4 Å². The molecule has 1 heterocycles. The van der Waals surface area contributed by atoms with Crippen LogP contribution in [-0.4, -0.2) is 37.6 Å². The van der Waals surface area contributed by atoms with E-state index in [0.717, 1.165) is 0 Å². The predicted octanol–water partition coefficient (Wildman–Crippen LogP) is 2.88. The molecule has 25 heavy (non-hydrogen) atoms. The predicted molar refractivity (Wildman–Crippen MR) is 88.2 cm³/mol. The Bertz CT molecular complexity index is 930. The third kappa shape index (κ3) is 3.45. The van der Waals surface area contributed by atoms with Gasteiger partial charge in [0.15, 0.2) is 35.9 Å². The Hall–Kier alpha value is -3.35. The highest BCUT2D eigenvalue weighted by Gasteiger charge is 2.15. The number of methoxy groups -OCH3 is 2. The minimum absolute atomic E-state index is 0.282. The number of carbonyl (C=O) groups excluding carboxylic acids is 2. The summed E-state index contributed by atoms with van der Waals surface area (Å²) in [5.41, 5.74) is 1.75. The highest BCUT2D eigenvalue weighted by atomic mass is 16.5. The number of ketones is 1. The lowest BCUT2D eigenvalue weighted by Gasteiger charge is -2.09. The van der Waals surface area contributed by atoms with Crippen LogP contribution in [0.4, 0.5) is 0 Å². The van der Waals surface area contributed by atoms with E-state index in [1.807, 2.05) is 0 Å². The summed E-state index contributed by atoms with van der Waals surface area (Å²) in [5.74, 6) is -0.0333. The average Bonchev–Trinajstić information content (AvgIpc) is 3.12. The Morgan fingerprint density at radius 2 is 1.76 bits per heavy atom. The summed E-state index contributed by atoms with van der Waals surface area (Å²) in [6.07, 6.45) is 1.29. The van der Waals surface area contributed by atoms with Crippen molar-refractivity contribution in [1.82, 2.24) is 4.98 Å². The van der Waals surface area contributed by atoms with Crippen LogP contribution in [0.5, 0.6) is 11.5 Å². The van der Waals surface area contributed by atoms with E-state index in [9.17, 15) is 9.59 Å². The molecule has 0 radical (unpaired) electrons. The molecule has 7 heteroatoms. The first-order valence-corrected chi connectivity index (χ1v) is 7.38. The van der Waals surface area contributed by atoms with Crippen LogP contribution in [0.15, 0.2) is 47.2 Å². The molecule has 0 amide bonds. The second-order valence-electron chi connectivity index (χ2n) is 5.10. The molecule has 0 spiro atoms. The Morgan fingerprint density at radius 1 is 1.00 bits per heavy atom. The molecule has 0 aliphatic carbocycles. The first-order chi connectivity index (χ1) is 12.1. The molecule has 0 atom stereocenters. The van der Waals surface area contributed by atoms with Gasteiger partial charge in [-0.15, -0.1) is 0 Å². The van der Waals surface area contributed by atoms with Gasteiger partial charge in [0, 0.05) is 5.56 Å². The first-order valence-electron chi connectivity index (χ1n) is 7.38. The summed E-state index contributed by atoms with van der Waals surface area (Å²) in [7, 11) is 2.98. The van der Waals surface area contributed by atoms with Crippen LogP contribution in [0.1, 0.15) is 20.7 Å². The molecule has 0 unspecified atom stereocenters. The highest BCUT2D eigenvalue weighted by Crippen LogP contribution is 2.27. The van der Waals surface area contributed by atoms with E-state index in [0.29, 0.717) is 28.2 Å². The van der Waals surface area contributed by atoms with E-state index in [1.165, 1.54) is 32.7 Å². The van der Waals surface area contributed by atoms with E-state index >= 15 is 0 Å². The molecule has 0 aliphatic heterocycles. The lowest BCUT2D eigenvalue weighted by molar-refractivity contribution is 0.0474. The number of nitrogens with zero attached hydrogens (tertiary/aromatic N) is 1. The van der Waals surface area contributed by atoms with Crippen molar-refractivity contribution in [2.24, 2.45) is 0 Å². The summed E-state index contributed by atoms with van der Waals surface area (Å²) < 4.78 is 20.5.